The Bertz CT molecular complexity index is 682. The maximum Gasteiger partial charge on any atom is 0.188 e. The van der Waals surface area contributed by atoms with Gasteiger partial charge in [0.1, 0.15) is 0 Å². The highest BCUT2D eigenvalue weighted by Crippen LogP contribution is 2.16. The largest absolute Gasteiger partial charge is 0.370 e. The highest BCUT2D eigenvalue weighted by molar-refractivity contribution is 5.78. The van der Waals surface area contributed by atoms with Crippen LogP contribution in [-0.4, -0.2) is 73.1 Å². The van der Waals surface area contributed by atoms with Crippen LogP contribution in [0.15, 0.2) is 34.3 Å². The molecule has 1 aromatic rings. The van der Waals surface area contributed by atoms with Gasteiger partial charge in [0.15, 0.2) is 11.9 Å². The first-order chi connectivity index (χ1) is 15.6. The lowest BCUT2D eigenvalue weighted by Gasteiger charge is -2.23. The molecule has 0 radical (unpaired) electrons. The molecule has 8 heteroatoms. The van der Waals surface area contributed by atoms with Crippen LogP contribution in [0.2, 0.25) is 0 Å². The predicted molar refractivity (Wildman–Crippen MR) is 134 cm³/mol. The number of nitrogens with one attached hydrogen (secondary N) is 2. The molecule has 0 spiro atoms. The third-order valence-electron chi connectivity index (χ3n) is 6.74. The van der Waals surface area contributed by atoms with Crippen molar-refractivity contribution in [2.45, 2.75) is 64.7 Å². The third-order valence-corrected chi connectivity index (χ3v) is 6.74. The van der Waals surface area contributed by atoms with E-state index in [0.717, 1.165) is 37.3 Å². The van der Waals surface area contributed by atoms with E-state index in [1.807, 2.05) is 0 Å². The zero-order valence-corrected chi connectivity index (χ0v) is 19.9. The van der Waals surface area contributed by atoms with Crippen molar-refractivity contribution < 1.29 is 0 Å². The Morgan fingerprint density at radius 1 is 0.812 bits per heavy atom. The summed E-state index contributed by atoms with van der Waals surface area (Å²) < 4.78 is 0. The lowest BCUT2D eigenvalue weighted by atomic mass is 10.1. The molecule has 0 aromatic heterocycles. The van der Waals surface area contributed by atoms with Crippen LogP contribution in [0.5, 0.6) is 0 Å². The minimum Gasteiger partial charge on any atom is -0.370 e. The standard InChI is InChI=1S/C24H42N8/c1-3-31-13-5-7-21(31)17-29-23(25)27-15-19-9-11-20(12-10-19)16-28-24(26)30-18-22-8-6-14-32(22)4-2/h9-12,21-22H,3-8,13-18H2,1-2H3,(H3,25,27,29)(H3,26,28,30). The summed E-state index contributed by atoms with van der Waals surface area (Å²) in [7, 11) is 0. The molecule has 0 aliphatic carbocycles. The van der Waals surface area contributed by atoms with Gasteiger partial charge in [-0.1, -0.05) is 38.1 Å². The summed E-state index contributed by atoms with van der Waals surface area (Å²) in [6.07, 6.45) is 5.01. The lowest BCUT2D eigenvalue weighted by Crippen LogP contribution is -2.42. The van der Waals surface area contributed by atoms with Gasteiger partial charge in [0.25, 0.3) is 0 Å². The molecule has 2 aliphatic rings. The number of aliphatic imine (C=N–C) groups is 2. The molecule has 2 aliphatic heterocycles. The zero-order chi connectivity index (χ0) is 22.8. The van der Waals surface area contributed by atoms with Crippen LogP contribution >= 0.6 is 0 Å². The number of hydrogen-bond donors (Lipinski definition) is 4. The van der Waals surface area contributed by atoms with Crippen LogP contribution < -0.4 is 22.1 Å². The summed E-state index contributed by atoms with van der Waals surface area (Å²) in [5, 5.41) is 6.57. The number of rotatable bonds is 10. The molecule has 2 fully saturated rings. The molecule has 0 bridgehead atoms. The van der Waals surface area contributed by atoms with Crippen molar-refractivity contribution in [2.75, 3.05) is 39.3 Å². The number of guanidine groups is 2. The van der Waals surface area contributed by atoms with Crippen molar-refractivity contribution in [3.05, 3.63) is 35.4 Å². The van der Waals surface area contributed by atoms with Gasteiger partial charge in [-0.15, -0.1) is 0 Å². The molecule has 0 saturated carbocycles. The summed E-state index contributed by atoms with van der Waals surface area (Å²) in [6, 6.07) is 9.47. The Kier molecular flexibility index (Phi) is 9.62. The maximum absolute atomic E-state index is 6.07. The van der Waals surface area contributed by atoms with E-state index in [1.54, 1.807) is 0 Å². The van der Waals surface area contributed by atoms with E-state index in [1.165, 1.54) is 38.8 Å². The van der Waals surface area contributed by atoms with Gasteiger partial charge in [0.2, 0.25) is 0 Å². The van der Waals surface area contributed by atoms with E-state index < -0.39 is 0 Å². The van der Waals surface area contributed by atoms with Gasteiger partial charge in [-0.05, 0) is 63.0 Å². The third kappa shape index (κ3) is 7.38. The summed E-state index contributed by atoms with van der Waals surface area (Å²) >= 11 is 0. The Balaban J connectivity index is 1.38. The topological polar surface area (TPSA) is 107 Å². The molecular weight excluding hydrogens is 400 g/mol. The monoisotopic (exact) mass is 442 g/mol. The van der Waals surface area contributed by atoms with E-state index in [4.69, 9.17) is 11.5 Å². The van der Waals surface area contributed by atoms with Gasteiger partial charge in [0.05, 0.1) is 13.1 Å². The number of nitrogens with two attached hydrogens (primary N) is 2. The molecule has 0 amide bonds. The quantitative estimate of drug-likeness (QED) is 0.323. The molecule has 3 rings (SSSR count). The average molecular weight is 443 g/mol. The summed E-state index contributed by atoms with van der Waals surface area (Å²) in [5.74, 6) is 1.04. The van der Waals surface area contributed by atoms with Crippen LogP contribution in [0.3, 0.4) is 0 Å². The Hall–Kier alpha value is -2.32. The normalized spacial score (nSPS) is 23.1. The van der Waals surface area contributed by atoms with E-state index in [0.29, 0.717) is 37.1 Å². The molecule has 2 heterocycles. The Labute approximate surface area is 193 Å². The molecular formula is C24H42N8. The van der Waals surface area contributed by atoms with Crippen LogP contribution in [0.1, 0.15) is 50.7 Å². The van der Waals surface area contributed by atoms with E-state index in [-0.39, 0.29) is 0 Å². The van der Waals surface area contributed by atoms with Crippen LogP contribution in [0, 0.1) is 0 Å². The first-order valence-corrected chi connectivity index (χ1v) is 12.2. The van der Waals surface area contributed by atoms with Crippen LogP contribution in [0.4, 0.5) is 0 Å². The first kappa shape index (κ1) is 24.3. The fourth-order valence-electron chi connectivity index (χ4n) is 4.74. The predicted octanol–water partition coefficient (Wildman–Crippen LogP) is 1.46. The molecule has 32 heavy (non-hydrogen) atoms. The minimum absolute atomic E-state index is 0.518. The second kappa shape index (κ2) is 12.6. The van der Waals surface area contributed by atoms with Crippen molar-refractivity contribution in [1.29, 1.82) is 0 Å². The maximum atomic E-state index is 6.07. The summed E-state index contributed by atoms with van der Waals surface area (Å²) in [4.78, 5) is 14.0. The highest BCUT2D eigenvalue weighted by Gasteiger charge is 2.23. The smallest absolute Gasteiger partial charge is 0.188 e. The lowest BCUT2D eigenvalue weighted by molar-refractivity contribution is 0.267. The number of likely N-dealkylation sites (N-methyl/N-ethyl adjacent to an activating group) is 2. The van der Waals surface area contributed by atoms with Gasteiger partial charge in [-0.3, -0.25) is 9.80 Å². The average Bonchev–Trinajstić information content (AvgIpc) is 3.47. The molecule has 6 N–H and O–H groups in total. The van der Waals surface area contributed by atoms with Crippen molar-refractivity contribution >= 4 is 11.9 Å². The Morgan fingerprint density at radius 2 is 1.22 bits per heavy atom. The second-order valence-corrected chi connectivity index (χ2v) is 8.83. The number of hydrogen-bond acceptors (Lipinski definition) is 4. The minimum atomic E-state index is 0.518. The fourth-order valence-corrected chi connectivity index (χ4v) is 4.74. The molecule has 1 aromatic carbocycles. The molecule has 2 atom stereocenters. The van der Waals surface area contributed by atoms with E-state index >= 15 is 0 Å². The molecule has 8 nitrogen and oxygen atoms in total. The molecule has 2 unspecified atom stereocenters. The van der Waals surface area contributed by atoms with Crippen LogP contribution in [0.25, 0.3) is 0 Å². The summed E-state index contributed by atoms with van der Waals surface area (Å²) in [5.41, 5.74) is 14.4. The van der Waals surface area contributed by atoms with Crippen molar-refractivity contribution in [3.8, 4) is 0 Å². The van der Waals surface area contributed by atoms with Gasteiger partial charge in [-0.2, -0.15) is 0 Å². The van der Waals surface area contributed by atoms with E-state index in [2.05, 4.69) is 68.5 Å². The van der Waals surface area contributed by atoms with Crippen molar-refractivity contribution in [2.24, 2.45) is 21.5 Å². The van der Waals surface area contributed by atoms with Gasteiger partial charge in [-0.25, -0.2) is 9.98 Å². The van der Waals surface area contributed by atoms with Crippen LogP contribution in [-0.2, 0) is 13.1 Å². The SMILES string of the molecule is CCN1CCCC1CNC(N)=NCc1ccc(CN=C(N)NCC2CCCN2CC)cc1. The van der Waals surface area contributed by atoms with Crippen molar-refractivity contribution in [3.63, 3.8) is 0 Å². The molecule has 2 saturated heterocycles. The van der Waals surface area contributed by atoms with Gasteiger partial charge < -0.3 is 22.1 Å². The second-order valence-electron chi connectivity index (χ2n) is 8.83. The summed E-state index contributed by atoms with van der Waals surface area (Å²) in [6.45, 7) is 11.9. The zero-order valence-electron chi connectivity index (χ0n) is 19.9. The number of likely N-dealkylation sites (tertiary alicyclic amines) is 2. The Morgan fingerprint density at radius 3 is 1.59 bits per heavy atom. The van der Waals surface area contributed by atoms with Gasteiger partial charge >= 0.3 is 0 Å². The van der Waals surface area contributed by atoms with Crippen molar-refractivity contribution in [1.82, 2.24) is 20.4 Å². The fraction of sp³-hybridized carbons (Fsp3) is 0.667. The van der Waals surface area contributed by atoms with E-state index in [9.17, 15) is 0 Å². The number of nitrogens with zero attached hydrogens (tertiary/aromatic N) is 4. The molecule has 178 valence electrons. The highest BCUT2D eigenvalue weighted by atomic mass is 15.2. The first-order valence-electron chi connectivity index (χ1n) is 12.2. The van der Waals surface area contributed by atoms with Gasteiger partial charge in [0, 0.05) is 25.2 Å². The number of benzene rings is 1.